The first-order valence-corrected chi connectivity index (χ1v) is 9.66. The van der Waals surface area contributed by atoms with E-state index < -0.39 is 0 Å². The second kappa shape index (κ2) is 7.39. The lowest BCUT2D eigenvalue weighted by Gasteiger charge is -2.14. The van der Waals surface area contributed by atoms with Crippen LogP contribution in [0.4, 0.5) is 5.82 Å². The van der Waals surface area contributed by atoms with Crippen LogP contribution in [0.3, 0.4) is 0 Å². The van der Waals surface area contributed by atoms with E-state index in [0.717, 1.165) is 54.0 Å². The third-order valence-electron chi connectivity index (χ3n) is 5.34. The van der Waals surface area contributed by atoms with Gasteiger partial charge in [0, 0.05) is 17.5 Å². The molecule has 0 atom stereocenters. The molecular formula is C23H25N3O. The number of aryl methyl sites for hydroxylation is 2. The van der Waals surface area contributed by atoms with Gasteiger partial charge in [-0.25, -0.2) is 4.68 Å². The zero-order valence-corrected chi connectivity index (χ0v) is 15.9. The van der Waals surface area contributed by atoms with Crippen molar-refractivity contribution in [2.45, 2.75) is 39.5 Å². The van der Waals surface area contributed by atoms with Gasteiger partial charge in [-0.2, -0.15) is 5.10 Å². The van der Waals surface area contributed by atoms with Crippen LogP contribution in [-0.2, 0) is 4.79 Å². The summed E-state index contributed by atoms with van der Waals surface area (Å²) in [6.45, 7) is 4.16. The van der Waals surface area contributed by atoms with Gasteiger partial charge in [-0.15, -0.1) is 0 Å². The molecule has 1 N–H and O–H groups in total. The number of hydrogen-bond acceptors (Lipinski definition) is 2. The Bertz CT molecular complexity index is 953. The number of aromatic nitrogens is 2. The maximum absolute atomic E-state index is 12.7. The molecular weight excluding hydrogens is 334 g/mol. The molecule has 0 unspecified atom stereocenters. The van der Waals surface area contributed by atoms with Crippen LogP contribution in [-0.4, -0.2) is 15.7 Å². The second-order valence-corrected chi connectivity index (χ2v) is 7.45. The van der Waals surface area contributed by atoms with Gasteiger partial charge in [-0.3, -0.25) is 4.79 Å². The van der Waals surface area contributed by atoms with Crippen LogP contribution in [0, 0.1) is 19.8 Å². The predicted octanol–water partition coefficient (Wildman–Crippen LogP) is 5.28. The topological polar surface area (TPSA) is 46.9 Å². The monoisotopic (exact) mass is 359 g/mol. The van der Waals surface area contributed by atoms with Gasteiger partial charge in [0.05, 0.1) is 11.4 Å². The molecule has 4 heteroatoms. The molecule has 2 aromatic carbocycles. The third-order valence-corrected chi connectivity index (χ3v) is 5.34. The molecule has 1 saturated carbocycles. The highest BCUT2D eigenvalue weighted by Gasteiger charge is 2.24. The predicted molar refractivity (Wildman–Crippen MR) is 109 cm³/mol. The first-order valence-electron chi connectivity index (χ1n) is 9.66. The normalized spacial score (nSPS) is 14.4. The van der Waals surface area contributed by atoms with Crippen LogP contribution in [0.1, 0.15) is 36.8 Å². The van der Waals surface area contributed by atoms with E-state index in [4.69, 9.17) is 5.10 Å². The quantitative estimate of drug-likeness (QED) is 0.688. The second-order valence-electron chi connectivity index (χ2n) is 7.45. The van der Waals surface area contributed by atoms with Gasteiger partial charge in [0.15, 0.2) is 0 Å². The summed E-state index contributed by atoms with van der Waals surface area (Å²) in [5.74, 6) is 0.961. The Morgan fingerprint density at radius 1 is 1.04 bits per heavy atom. The number of hydrogen-bond donors (Lipinski definition) is 1. The summed E-state index contributed by atoms with van der Waals surface area (Å²) in [4.78, 5) is 12.7. The van der Waals surface area contributed by atoms with Crippen LogP contribution in [0.5, 0.6) is 0 Å². The minimum absolute atomic E-state index is 0.109. The highest BCUT2D eigenvalue weighted by Crippen LogP contribution is 2.29. The van der Waals surface area contributed by atoms with Crippen LogP contribution < -0.4 is 5.32 Å². The largest absolute Gasteiger partial charge is 0.310 e. The van der Waals surface area contributed by atoms with E-state index in [2.05, 4.69) is 37.4 Å². The molecule has 0 spiro atoms. The molecule has 27 heavy (non-hydrogen) atoms. The Morgan fingerprint density at radius 3 is 2.48 bits per heavy atom. The smallest absolute Gasteiger partial charge is 0.228 e. The van der Waals surface area contributed by atoms with Crippen LogP contribution >= 0.6 is 0 Å². The zero-order chi connectivity index (χ0) is 18.8. The average molecular weight is 359 g/mol. The molecule has 0 radical (unpaired) electrons. The van der Waals surface area contributed by atoms with Crippen molar-refractivity contribution < 1.29 is 4.79 Å². The van der Waals surface area contributed by atoms with Gasteiger partial charge in [-0.1, -0.05) is 60.9 Å². The van der Waals surface area contributed by atoms with Crippen molar-refractivity contribution in [3.05, 3.63) is 65.7 Å². The van der Waals surface area contributed by atoms with Crippen molar-refractivity contribution in [2.75, 3.05) is 5.32 Å². The maximum Gasteiger partial charge on any atom is 0.228 e. The van der Waals surface area contributed by atoms with Crippen molar-refractivity contribution >= 4 is 11.7 Å². The average Bonchev–Trinajstić information content (AvgIpc) is 3.33. The summed E-state index contributed by atoms with van der Waals surface area (Å²) in [6, 6.07) is 18.3. The Morgan fingerprint density at radius 2 is 1.78 bits per heavy atom. The van der Waals surface area contributed by atoms with Crippen molar-refractivity contribution in [2.24, 2.45) is 5.92 Å². The highest BCUT2D eigenvalue weighted by molar-refractivity contribution is 5.92. The fraction of sp³-hybridized carbons (Fsp3) is 0.304. The minimum atomic E-state index is 0.109. The first kappa shape index (κ1) is 17.5. The van der Waals surface area contributed by atoms with E-state index >= 15 is 0 Å². The standard InChI is InChI=1S/C23H25N3O/c1-16-12-13-21(17(2)14-16)26-22(24-23(27)19-10-6-7-11-19)15-20(25-26)18-8-4-3-5-9-18/h3-5,8-9,12-15,19H,6-7,10-11H2,1-2H3,(H,24,27). The molecule has 4 nitrogen and oxygen atoms in total. The number of anilines is 1. The Balaban J connectivity index is 1.75. The molecule has 0 bridgehead atoms. The van der Waals surface area contributed by atoms with E-state index in [-0.39, 0.29) is 11.8 Å². The molecule has 0 aliphatic heterocycles. The van der Waals surface area contributed by atoms with Gasteiger partial charge >= 0.3 is 0 Å². The van der Waals surface area contributed by atoms with Crippen LogP contribution in [0.25, 0.3) is 16.9 Å². The lowest BCUT2D eigenvalue weighted by atomic mass is 10.1. The SMILES string of the molecule is Cc1ccc(-n2nc(-c3ccccc3)cc2NC(=O)C2CCCC2)c(C)c1. The molecule has 1 amide bonds. The molecule has 1 heterocycles. The van der Waals surface area contributed by atoms with Gasteiger partial charge in [0.25, 0.3) is 0 Å². The molecule has 138 valence electrons. The number of carbonyl (C=O) groups is 1. The summed E-state index contributed by atoms with van der Waals surface area (Å²) in [5.41, 5.74) is 5.23. The molecule has 4 rings (SSSR count). The van der Waals surface area contributed by atoms with E-state index in [1.54, 1.807) is 0 Å². The summed E-state index contributed by atoms with van der Waals surface area (Å²) >= 11 is 0. The van der Waals surface area contributed by atoms with Gasteiger partial charge in [0.2, 0.25) is 5.91 Å². The highest BCUT2D eigenvalue weighted by atomic mass is 16.2. The molecule has 1 fully saturated rings. The van der Waals surface area contributed by atoms with Crippen molar-refractivity contribution in [3.8, 4) is 16.9 Å². The van der Waals surface area contributed by atoms with Crippen molar-refractivity contribution in [3.63, 3.8) is 0 Å². The van der Waals surface area contributed by atoms with Gasteiger partial charge < -0.3 is 5.32 Å². The maximum atomic E-state index is 12.7. The summed E-state index contributed by atoms with van der Waals surface area (Å²) in [7, 11) is 0. The molecule has 1 aliphatic rings. The number of carbonyl (C=O) groups excluding carboxylic acids is 1. The lowest BCUT2D eigenvalue weighted by molar-refractivity contribution is -0.119. The van der Waals surface area contributed by atoms with Crippen molar-refractivity contribution in [1.82, 2.24) is 9.78 Å². The summed E-state index contributed by atoms with van der Waals surface area (Å²) in [6.07, 6.45) is 4.25. The fourth-order valence-corrected chi connectivity index (χ4v) is 3.86. The molecule has 1 aliphatic carbocycles. The van der Waals surface area contributed by atoms with Crippen LogP contribution in [0.15, 0.2) is 54.6 Å². The van der Waals surface area contributed by atoms with Crippen LogP contribution in [0.2, 0.25) is 0 Å². The van der Waals surface area contributed by atoms with Gasteiger partial charge in [0.1, 0.15) is 5.82 Å². The van der Waals surface area contributed by atoms with E-state index in [9.17, 15) is 4.79 Å². The van der Waals surface area contributed by atoms with E-state index in [1.165, 1.54) is 5.56 Å². The number of rotatable bonds is 4. The number of amides is 1. The lowest BCUT2D eigenvalue weighted by Crippen LogP contribution is -2.22. The first-order chi connectivity index (χ1) is 13.1. The fourth-order valence-electron chi connectivity index (χ4n) is 3.86. The van der Waals surface area contributed by atoms with Gasteiger partial charge in [-0.05, 0) is 38.3 Å². The molecule has 1 aromatic heterocycles. The Hall–Kier alpha value is -2.88. The van der Waals surface area contributed by atoms with E-state index in [0.29, 0.717) is 0 Å². The number of nitrogens with one attached hydrogen (secondary N) is 1. The summed E-state index contributed by atoms with van der Waals surface area (Å²) in [5, 5.41) is 7.97. The molecule has 0 saturated heterocycles. The Labute approximate surface area is 160 Å². The third kappa shape index (κ3) is 3.65. The molecule has 3 aromatic rings. The van der Waals surface area contributed by atoms with Crippen molar-refractivity contribution in [1.29, 1.82) is 0 Å². The zero-order valence-electron chi connectivity index (χ0n) is 15.9. The van der Waals surface area contributed by atoms with E-state index in [1.807, 2.05) is 41.1 Å². The Kier molecular flexibility index (Phi) is 4.80. The number of benzene rings is 2. The number of nitrogens with zero attached hydrogens (tertiary/aromatic N) is 2. The minimum Gasteiger partial charge on any atom is -0.310 e. The summed E-state index contributed by atoms with van der Waals surface area (Å²) < 4.78 is 1.87.